The Kier molecular flexibility index (Phi) is 3.70. The number of hydrogen-bond donors (Lipinski definition) is 0. The standard InChI is InChI=1S/C13H11FN2O3/c1-18-12-10(8-3-5-9(14)6-4-8)15-7-16-11(12)13(17)19-2/h3-7H,1-2H3. The summed E-state index contributed by atoms with van der Waals surface area (Å²) < 4.78 is 22.7. The van der Waals surface area contributed by atoms with Crippen molar-refractivity contribution in [2.75, 3.05) is 14.2 Å². The summed E-state index contributed by atoms with van der Waals surface area (Å²) in [6, 6.07) is 5.69. The maximum absolute atomic E-state index is 12.9. The molecule has 6 heteroatoms. The Hall–Kier alpha value is -2.50. The lowest BCUT2D eigenvalue weighted by atomic mass is 10.1. The molecular weight excluding hydrogens is 251 g/mol. The molecule has 0 fully saturated rings. The van der Waals surface area contributed by atoms with Gasteiger partial charge in [0.05, 0.1) is 14.2 Å². The van der Waals surface area contributed by atoms with Gasteiger partial charge in [0.2, 0.25) is 0 Å². The van der Waals surface area contributed by atoms with Gasteiger partial charge in [-0.1, -0.05) is 0 Å². The van der Waals surface area contributed by atoms with Gasteiger partial charge in [-0.3, -0.25) is 0 Å². The first-order chi connectivity index (χ1) is 9.17. The predicted molar refractivity (Wildman–Crippen MR) is 65.3 cm³/mol. The van der Waals surface area contributed by atoms with Gasteiger partial charge in [0.15, 0.2) is 11.4 Å². The molecule has 0 aliphatic carbocycles. The Morgan fingerprint density at radius 1 is 1.16 bits per heavy atom. The van der Waals surface area contributed by atoms with Crippen LogP contribution in [0.4, 0.5) is 4.39 Å². The van der Waals surface area contributed by atoms with Crippen molar-refractivity contribution in [2.24, 2.45) is 0 Å². The highest BCUT2D eigenvalue weighted by Crippen LogP contribution is 2.30. The van der Waals surface area contributed by atoms with Gasteiger partial charge in [0.25, 0.3) is 0 Å². The topological polar surface area (TPSA) is 61.3 Å². The fourth-order valence-corrected chi connectivity index (χ4v) is 1.62. The average molecular weight is 262 g/mol. The van der Waals surface area contributed by atoms with E-state index in [0.29, 0.717) is 11.3 Å². The molecule has 0 radical (unpaired) electrons. The summed E-state index contributed by atoms with van der Waals surface area (Å²) in [6.07, 6.45) is 1.23. The van der Waals surface area contributed by atoms with Crippen LogP contribution in [0, 0.1) is 5.82 Å². The summed E-state index contributed by atoms with van der Waals surface area (Å²) in [5.74, 6) is -0.784. The third-order valence-electron chi connectivity index (χ3n) is 2.50. The summed E-state index contributed by atoms with van der Waals surface area (Å²) >= 11 is 0. The van der Waals surface area contributed by atoms with Crippen LogP contribution in [0.5, 0.6) is 5.75 Å². The van der Waals surface area contributed by atoms with Gasteiger partial charge in [0.1, 0.15) is 17.8 Å². The number of carbonyl (C=O) groups is 1. The molecule has 0 atom stereocenters. The molecule has 0 N–H and O–H groups in total. The van der Waals surface area contributed by atoms with E-state index in [1.54, 1.807) is 12.1 Å². The molecule has 19 heavy (non-hydrogen) atoms. The third kappa shape index (κ3) is 2.52. The van der Waals surface area contributed by atoms with E-state index in [4.69, 9.17) is 4.74 Å². The van der Waals surface area contributed by atoms with E-state index in [1.165, 1.54) is 32.7 Å². The van der Waals surface area contributed by atoms with Gasteiger partial charge >= 0.3 is 5.97 Å². The number of rotatable bonds is 3. The van der Waals surface area contributed by atoms with Crippen molar-refractivity contribution in [2.45, 2.75) is 0 Å². The number of halogens is 1. The molecular formula is C13H11FN2O3. The van der Waals surface area contributed by atoms with Crippen LogP contribution >= 0.6 is 0 Å². The van der Waals surface area contributed by atoms with E-state index in [0.717, 1.165) is 0 Å². The molecule has 1 aromatic carbocycles. The number of benzene rings is 1. The van der Waals surface area contributed by atoms with Crippen molar-refractivity contribution in [3.8, 4) is 17.0 Å². The number of aromatic nitrogens is 2. The largest absolute Gasteiger partial charge is 0.492 e. The first-order valence-electron chi connectivity index (χ1n) is 5.40. The minimum Gasteiger partial charge on any atom is -0.492 e. The van der Waals surface area contributed by atoms with Gasteiger partial charge in [-0.05, 0) is 24.3 Å². The number of esters is 1. The normalized spacial score (nSPS) is 10.1. The Morgan fingerprint density at radius 2 is 1.84 bits per heavy atom. The summed E-state index contributed by atoms with van der Waals surface area (Å²) in [6.45, 7) is 0. The molecule has 0 amide bonds. The molecule has 0 unspecified atom stereocenters. The maximum atomic E-state index is 12.9. The molecule has 2 aromatic rings. The van der Waals surface area contributed by atoms with Gasteiger partial charge < -0.3 is 9.47 Å². The van der Waals surface area contributed by atoms with Crippen molar-refractivity contribution in [3.05, 3.63) is 42.1 Å². The summed E-state index contributed by atoms with van der Waals surface area (Å²) in [4.78, 5) is 19.5. The summed E-state index contributed by atoms with van der Waals surface area (Å²) in [5, 5.41) is 0. The molecule has 0 bridgehead atoms. The second-order valence-corrected chi connectivity index (χ2v) is 3.60. The van der Waals surface area contributed by atoms with Crippen LogP contribution < -0.4 is 4.74 Å². The van der Waals surface area contributed by atoms with E-state index >= 15 is 0 Å². The van der Waals surface area contributed by atoms with Crippen LogP contribution in [0.3, 0.4) is 0 Å². The Morgan fingerprint density at radius 3 is 2.42 bits per heavy atom. The van der Waals surface area contributed by atoms with E-state index in [9.17, 15) is 9.18 Å². The minimum absolute atomic E-state index is 0.0272. The van der Waals surface area contributed by atoms with Crippen LogP contribution in [0.15, 0.2) is 30.6 Å². The van der Waals surface area contributed by atoms with Crippen molar-refractivity contribution in [3.63, 3.8) is 0 Å². The van der Waals surface area contributed by atoms with E-state index in [1.807, 2.05) is 0 Å². The van der Waals surface area contributed by atoms with Crippen LogP contribution in [-0.4, -0.2) is 30.2 Å². The number of hydrogen-bond acceptors (Lipinski definition) is 5. The summed E-state index contributed by atoms with van der Waals surface area (Å²) in [7, 11) is 2.65. The molecule has 98 valence electrons. The lowest BCUT2D eigenvalue weighted by molar-refractivity contribution is 0.0590. The molecule has 0 saturated heterocycles. The van der Waals surface area contributed by atoms with Gasteiger partial charge in [-0.15, -0.1) is 0 Å². The van der Waals surface area contributed by atoms with Crippen molar-refractivity contribution in [1.29, 1.82) is 0 Å². The first-order valence-corrected chi connectivity index (χ1v) is 5.40. The van der Waals surface area contributed by atoms with Crippen molar-refractivity contribution in [1.82, 2.24) is 9.97 Å². The van der Waals surface area contributed by atoms with Crippen LogP contribution in [0.2, 0.25) is 0 Å². The van der Waals surface area contributed by atoms with Crippen LogP contribution in [-0.2, 0) is 4.74 Å². The molecule has 0 aliphatic rings. The van der Waals surface area contributed by atoms with Gasteiger partial charge in [-0.25, -0.2) is 19.2 Å². The average Bonchev–Trinajstić information content (AvgIpc) is 2.46. The van der Waals surface area contributed by atoms with Crippen molar-refractivity contribution >= 4 is 5.97 Å². The zero-order valence-corrected chi connectivity index (χ0v) is 10.4. The smallest absolute Gasteiger partial charge is 0.360 e. The first kappa shape index (κ1) is 12.9. The molecule has 0 saturated carbocycles. The highest BCUT2D eigenvalue weighted by atomic mass is 19.1. The van der Waals surface area contributed by atoms with Gasteiger partial charge in [-0.2, -0.15) is 0 Å². The molecule has 1 heterocycles. The van der Waals surface area contributed by atoms with Crippen molar-refractivity contribution < 1.29 is 18.7 Å². The number of ether oxygens (including phenoxy) is 2. The highest BCUT2D eigenvalue weighted by Gasteiger charge is 2.20. The van der Waals surface area contributed by atoms with Crippen LogP contribution in [0.25, 0.3) is 11.3 Å². The number of methoxy groups -OCH3 is 2. The Bertz CT molecular complexity index is 599. The second-order valence-electron chi connectivity index (χ2n) is 3.60. The second kappa shape index (κ2) is 5.43. The zero-order chi connectivity index (χ0) is 13.8. The lowest BCUT2D eigenvalue weighted by Crippen LogP contribution is -2.08. The van der Waals surface area contributed by atoms with Gasteiger partial charge in [0, 0.05) is 5.56 Å². The van der Waals surface area contributed by atoms with E-state index in [2.05, 4.69) is 14.7 Å². The molecule has 0 spiro atoms. The number of carbonyl (C=O) groups excluding carboxylic acids is 1. The fraction of sp³-hybridized carbons (Fsp3) is 0.154. The Balaban J connectivity index is 2.57. The highest BCUT2D eigenvalue weighted by molar-refractivity contribution is 5.92. The molecule has 5 nitrogen and oxygen atoms in total. The third-order valence-corrected chi connectivity index (χ3v) is 2.50. The molecule has 0 aliphatic heterocycles. The molecule has 1 aromatic heterocycles. The number of nitrogens with zero attached hydrogens (tertiary/aromatic N) is 2. The summed E-state index contributed by atoms with van der Waals surface area (Å²) in [5.41, 5.74) is 1.04. The van der Waals surface area contributed by atoms with E-state index < -0.39 is 5.97 Å². The Labute approximate surface area is 109 Å². The SMILES string of the molecule is COC(=O)c1ncnc(-c2ccc(F)cc2)c1OC. The quantitative estimate of drug-likeness (QED) is 0.792. The minimum atomic E-state index is -0.623. The zero-order valence-electron chi connectivity index (χ0n) is 10.4. The van der Waals surface area contributed by atoms with E-state index in [-0.39, 0.29) is 17.3 Å². The van der Waals surface area contributed by atoms with Crippen LogP contribution in [0.1, 0.15) is 10.5 Å². The maximum Gasteiger partial charge on any atom is 0.360 e. The molecule has 2 rings (SSSR count). The predicted octanol–water partition coefficient (Wildman–Crippen LogP) is 2.08. The lowest BCUT2D eigenvalue weighted by Gasteiger charge is -2.10. The fourth-order valence-electron chi connectivity index (χ4n) is 1.62. The monoisotopic (exact) mass is 262 g/mol.